The highest BCUT2D eigenvalue weighted by Gasteiger charge is 2.53. The van der Waals surface area contributed by atoms with Crippen LogP contribution >= 0.6 is 11.8 Å². The summed E-state index contributed by atoms with van der Waals surface area (Å²) < 4.78 is 0. The highest BCUT2D eigenvalue weighted by Crippen LogP contribution is 2.52. The molecule has 0 radical (unpaired) electrons. The number of carbonyl (C=O) groups is 2. The molecule has 27 heavy (non-hydrogen) atoms. The van der Waals surface area contributed by atoms with Crippen LogP contribution in [0.3, 0.4) is 0 Å². The van der Waals surface area contributed by atoms with Crippen LogP contribution in [0.5, 0.6) is 0 Å². The first kappa shape index (κ1) is 18.1. The Bertz CT molecular complexity index is 816. The molecule has 1 spiro atoms. The predicted octanol–water partition coefficient (Wildman–Crippen LogP) is 4.38. The monoisotopic (exact) mass is 381 g/mol. The van der Waals surface area contributed by atoms with Gasteiger partial charge in [0.1, 0.15) is 6.04 Å². The molecule has 2 aromatic carbocycles. The van der Waals surface area contributed by atoms with Gasteiger partial charge in [-0.25, -0.2) is 4.79 Å². The van der Waals surface area contributed by atoms with Crippen LogP contribution in [0, 0.1) is 0 Å². The van der Waals surface area contributed by atoms with Crippen LogP contribution < -0.4 is 0 Å². The molecule has 140 valence electrons. The Kier molecular flexibility index (Phi) is 4.96. The van der Waals surface area contributed by atoms with E-state index in [4.69, 9.17) is 0 Å². The Morgan fingerprint density at radius 3 is 2.15 bits per heavy atom. The van der Waals surface area contributed by atoms with Gasteiger partial charge in [0, 0.05) is 11.3 Å². The molecule has 2 aromatic rings. The van der Waals surface area contributed by atoms with Crippen molar-refractivity contribution in [2.24, 2.45) is 0 Å². The van der Waals surface area contributed by atoms with Crippen molar-refractivity contribution in [3.8, 4) is 0 Å². The number of hydrogen-bond donors (Lipinski definition) is 1. The average molecular weight is 381 g/mol. The van der Waals surface area contributed by atoms with Gasteiger partial charge in [-0.15, -0.1) is 11.8 Å². The highest BCUT2D eigenvalue weighted by atomic mass is 32.2. The van der Waals surface area contributed by atoms with Gasteiger partial charge in [0.15, 0.2) is 0 Å². The number of nitrogens with zero attached hydrogens (tertiary/aromatic N) is 1. The average Bonchev–Trinajstić information content (AvgIpc) is 3.08. The zero-order valence-corrected chi connectivity index (χ0v) is 15.9. The summed E-state index contributed by atoms with van der Waals surface area (Å²) in [7, 11) is 0. The number of rotatable bonds is 3. The zero-order chi connectivity index (χ0) is 18.9. The van der Waals surface area contributed by atoms with Crippen molar-refractivity contribution in [2.75, 3.05) is 5.75 Å². The number of carboxylic acid groups (broad SMARTS) is 1. The Hall–Kier alpha value is -2.27. The van der Waals surface area contributed by atoms with E-state index in [0.717, 1.165) is 25.7 Å². The molecular weight excluding hydrogens is 358 g/mol. The summed E-state index contributed by atoms with van der Waals surface area (Å²) in [6.07, 6.45) is 3.61. The van der Waals surface area contributed by atoms with Gasteiger partial charge >= 0.3 is 5.97 Å². The molecule has 2 fully saturated rings. The highest BCUT2D eigenvalue weighted by molar-refractivity contribution is 8.01. The van der Waals surface area contributed by atoms with E-state index >= 15 is 0 Å². The third-order valence-electron chi connectivity index (χ3n) is 5.82. The zero-order valence-electron chi connectivity index (χ0n) is 15.1. The summed E-state index contributed by atoms with van der Waals surface area (Å²) in [6, 6.07) is 18.8. The van der Waals surface area contributed by atoms with Crippen LogP contribution in [0.4, 0.5) is 0 Å². The number of benzene rings is 2. The lowest BCUT2D eigenvalue weighted by atomic mass is 9.80. The van der Waals surface area contributed by atoms with Crippen molar-refractivity contribution in [1.82, 2.24) is 4.90 Å². The molecular formula is C22H23NO3S. The normalized spacial score (nSPS) is 27.6. The van der Waals surface area contributed by atoms with E-state index < -0.39 is 16.9 Å². The lowest BCUT2D eigenvalue weighted by Crippen LogP contribution is -2.53. The predicted molar refractivity (Wildman–Crippen MR) is 107 cm³/mol. The van der Waals surface area contributed by atoms with Gasteiger partial charge in [-0.1, -0.05) is 48.5 Å². The van der Waals surface area contributed by atoms with Gasteiger partial charge in [0.25, 0.3) is 5.91 Å². The molecule has 1 saturated heterocycles. The van der Waals surface area contributed by atoms with Crippen molar-refractivity contribution in [3.05, 3.63) is 71.8 Å². The van der Waals surface area contributed by atoms with E-state index in [1.165, 1.54) is 5.56 Å². The van der Waals surface area contributed by atoms with Gasteiger partial charge in [-0.3, -0.25) is 4.79 Å². The molecule has 0 bridgehead atoms. The SMILES string of the molecule is O=C(O)[C@@H]1CSC2(CCC(c3ccccc3)CC2)N1C(=O)c1ccccc1. The van der Waals surface area contributed by atoms with Crippen LogP contribution in [0.1, 0.15) is 47.5 Å². The Labute approximate surface area is 163 Å². The summed E-state index contributed by atoms with van der Waals surface area (Å²) in [4.78, 5) is 26.4. The van der Waals surface area contributed by atoms with Crippen molar-refractivity contribution in [3.63, 3.8) is 0 Å². The largest absolute Gasteiger partial charge is 0.480 e. The molecule has 4 rings (SSSR count). The number of hydrogen-bond acceptors (Lipinski definition) is 3. The van der Waals surface area contributed by atoms with Crippen molar-refractivity contribution >= 4 is 23.6 Å². The van der Waals surface area contributed by atoms with Gasteiger partial charge < -0.3 is 10.0 Å². The molecule has 1 aliphatic heterocycles. The molecule has 1 N–H and O–H groups in total. The van der Waals surface area contributed by atoms with E-state index in [1.807, 2.05) is 24.3 Å². The smallest absolute Gasteiger partial charge is 0.327 e. The van der Waals surface area contributed by atoms with Crippen LogP contribution in [0.15, 0.2) is 60.7 Å². The first-order valence-corrected chi connectivity index (χ1v) is 10.4. The number of amides is 1. The molecule has 1 atom stereocenters. The van der Waals surface area contributed by atoms with Crippen LogP contribution in [0.25, 0.3) is 0 Å². The van der Waals surface area contributed by atoms with Crippen molar-refractivity contribution in [1.29, 1.82) is 0 Å². The molecule has 1 saturated carbocycles. The maximum atomic E-state index is 13.2. The fraction of sp³-hybridized carbons (Fsp3) is 0.364. The van der Waals surface area contributed by atoms with E-state index in [-0.39, 0.29) is 5.91 Å². The fourth-order valence-corrected chi connectivity index (χ4v) is 6.04. The van der Waals surface area contributed by atoms with Crippen molar-refractivity contribution < 1.29 is 14.7 Å². The summed E-state index contributed by atoms with van der Waals surface area (Å²) in [6.45, 7) is 0. The quantitative estimate of drug-likeness (QED) is 0.857. The minimum atomic E-state index is -0.908. The second-order valence-electron chi connectivity index (χ2n) is 7.34. The molecule has 0 aromatic heterocycles. The lowest BCUT2D eigenvalue weighted by Gasteiger charge is -2.44. The maximum absolute atomic E-state index is 13.2. The molecule has 1 amide bonds. The summed E-state index contributed by atoms with van der Waals surface area (Å²) >= 11 is 1.65. The Morgan fingerprint density at radius 1 is 0.963 bits per heavy atom. The molecule has 1 heterocycles. The summed E-state index contributed by atoms with van der Waals surface area (Å²) in [5.41, 5.74) is 1.90. The second kappa shape index (κ2) is 7.39. The van der Waals surface area contributed by atoms with Crippen LogP contribution in [0.2, 0.25) is 0 Å². The molecule has 2 aliphatic rings. The van der Waals surface area contributed by atoms with Gasteiger partial charge in [0.05, 0.1) is 4.87 Å². The molecule has 0 unspecified atom stereocenters. The van der Waals surface area contributed by atoms with E-state index in [1.54, 1.807) is 28.8 Å². The minimum Gasteiger partial charge on any atom is -0.480 e. The summed E-state index contributed by atoms with van der Waals surface area (Å²) in [5, 5.41) is 9.72. The van der Waals surface area contributed by atoms with Gasteiger partial charge in [-0.05, 0) is 49.3 Å². The number of thioether (sulfide) groups is 1. The standard InChI is InChI=1S/C22H23NO3S/c24-20(18-9-5-2-6-10-18)23-19(21(25)26)15-27-22(23)13-11-17(12-14-22)16-7-3-1-4-8-16/h1-10,17,19H,11-15H2,(H,25,26)/t17?,19-,22?/m0/s1. The van der Waals surface area contributed by atoms with E-state index in [0.29, 0.717) is 17.2 Å². The van der Waals surface area contributed by atoms with Crippen LogP contribution in [-0.4, -0.2) is 38.5 Å². The minimum absolute atomic E-state index is 0.161. The number of carboxylic acids is 1. The molecule has 1 aliphatic carbocycles. The molecule has 5 heteroatoms. The fourth-order valence-electron chi connectivity index (χ4n) is 4.40. The second-order valence-corrected chi connectivity index (χ2v) is 8.72. The summed E-state index contributed by atoms with van der Waals surface area (Å²) in [5.74, 6) is -0.126. The van der Waals surface area contributed by atoms with Gasteiger partial charge in [0.2, 0.25) is 0 Å². The van der Waals surface area contributed by atoms with Crippen molar-refractivity contribution in [2.45, 2.75) is 42.5 Å². The van der Waals surface area contributed by atoms with Crippen LogP contribution in [-0.2, 0) is 4.79 Å². The topological polar surface area (TPSA) is 57.6 Å². The third kappa shape index (κ3) is 3.36. The number of carbonyl (C=O) groups excluding carboxylic acids is 1. The number of aliphatic carboxylic acids is 1. The van der Waals surface area contributed by atoms with E-state index in [2.05, 4.69) is 24.3 Å². The lowest BCUT2D eigenvalue weighted by molar-refractivity contribution is -0.142. The first-order valence-electron chi connectivity index (χ1n) is 9.41. The third-order valence-corrected chi connectivity index (χ3v) is 7.45. The molecule has 4 nitrogen and oxygen atoms in total. The van der Waals surface area contributed by atoms with E-state index in [9.17, 15) is 14.7 Å². The van der Waals surface area contributed by atoms with Gasteiger partial charge in [-0.2, -0.15) is 0 Å². The Morgan fingerprint density at radius 2 is 1.56 bits per heavy atom. The first-order chi connectivity index (χ1) is 13.1. The maximum Gasteiger partial charge on any atom is 0.327 e. The Balaban J connectivity index is 1.59.